The number of hydrogen-bond acceptors (Lipinski definition) is 3. The molecule has 0 saturated heterocycles. The van der Waals surface area contributed by atoms with Crippen molar-refractivity contribution in [2.45, 2.75) is 0 Å². The Morgan fingerprint density at radius 2 is 1.91 bits per heavy atom. The van der Waals surface area contributed by atoms with Crippen LogP contribution in [-0.4, -0.2) is 17.0 Å². The molecule has 1 N–H and O–H groups in total. The summed E-state index contributed by atoms with van der Waals surface area (Å²) in [6.45, 7) is 0. The summed E-state index contributed by atoms with van der Waals surface area (Å²) in [5.74, 6) is 0.623. The number of aromatic nitrogens is 2. The Kier molecular flexibility index (Phi) is 3.09. The molecular formula is C5H4Br2ClN3. The molecular weight excluding hydrogens is 297 g/mol. The first-order valence-electron chi connectivity index (χ1n) is 2.71. The number of rotatable bonds is 1. The highest BCUT2D eigenvalue weighted by atomic mass is 79.9. The van der Waals surface area contributed by atoms with Gasteiger partial charge in [0.2, 0.25) is 0 Å². The van der Waals surface area contributed by atoms with Crippen molar-refractivity contribution in [1.82, 2.24) is 9.97 Å². The van der Waals surface area contributed by atoms with E-state index in [1.807, 2.05) is 0 Å². The number of halogens is 3. The van der Waals surface area contributed by atoms with Crippen molar-refractivity contribution < 1.29 is 0 Å². The summed E-state index contributed by atoms with van der Waals surface area (Å²) in [5, 5.41) is 3.18. The summed E-state index contributed by atoms with van der Waals surface area (Å²) >= 11 is 12.0. The van der Waals surface area contributed by atoms with Gasteiger partial charge in [-0.05, 0) is 31.9 Å². The molecule has 11 heavy (non-hydrogen) atoms. The second kappa shape index (κ2) is 3.69. The molecule has 60 valence electrons. The summed E-state index contributed by atoms with van der Waals surface area (Å²) in [5.41, 5.74) is 0. The fraction of sp³-hybridized carbons (Fsp3) is 0.200. The van der Waals surface area contributed by atoms with Gasteiger partial charge in [0.1, 0.15) is 9.21 Å². The Hall–Kier alpha value is 0.130. The van der Waals surface area contributed by atoms with E-state index in [2.05, 4.69) is 47.1 Å². The van der Waals surface area contributed by atoms with Gasteiger partial charge in [0.25, 0.3) is 0 Å². The first-order valence-corrected chi connectivity index (χ1v) is 4.68. The number of nitrogens with one attached hydrogen (secondary N) is 1. The van der Waals surface area contributed by atoms with Crippen LogP contribution < -0.4 is 5.32 Å². The van der Waals surface area contributed by atoms with Crippen molar-refractivity contribution in [2.75, 3.05) is 12.4 Å². The van der Waals surface area contributed by atoms with E-state index >= 15 is 0 Å². The quantitative estimate of drug-likeness (QED) is 0.866. The summed E-state index contributed by atoms with van der Waals surface area (Å²) in [6, 6.07) is 0. The maximum Gasteiger partial charge on any atom is 0.164 e. The van der Waals surface area contributed by atoms with E-state index in [0.29, 0.717) is 20.2 Å². The smallest absolute Gasteiger partial charge is 0.164 e. The standard InChI is InChI=1S/C5H4Br2ClN3/c1-9-5-3(7)10-2(6)4(8)11-5/h1H3,(H,9,11). The summed E-state index contributed by atoms with van der Waals surface area (Å²) in [4.78, 5) is 8.01. The van der Waals surface area contributed by atoms with Crippen molar-refractivity contribution in [3.8, 4) is 0 Å². The van der Waals surface area contributed by atoms with Gasteiger partial charge in [-0.3, -0.25) is 0 Å². The van der Waals surface area contributed by atoms with Crippen molar-refractivity contribution in [2.24, 2.45) is 0 Å². The topological polar surface area (TPSA) is 37.8 Å². The molecule has 1 aromatic heterocycles. The Morgan fingerprint density at radius 1 is 1.27 bits per heavy atom. The Labute approximate surface area is 85.8 Å². The molecule has 0 aliphatic heterocycles. The van der Waals surface area contributed by atoms with E-state index in [1.54, 1.807) is 7.05 Å². The highest BCUT2D eigenvalue weighted by Crippen LogP contribution is 2.25. The minimum atomic E-state index is 0.345. The molecule has 1 aromatic rings. The van der Waals surface area contributed by atoms with E-state index in [1.165, 1.54) is 0 Å². The first-order chi connectivity index (χ1) is 5.15. The van der Waals surface area contributed by atoms with Gasteiger partial charge in [0.15, 0.2) is 11.0 Å². The van der Waals surface area contributed by atoms with Gasteiger partial charge in [-0.1, -0.05) is 11.6 Å². The highest BCUT2D eigenvalue weighted by Gasteiger charge is 2.05. The average Bonchev–Trinajstić information content (AvgIpc) is 1.97. The third-order valence-electron chi connectivity index (χ3n) is 1.01. The first kappa shape index (κ1) is 9.22. The molecule has 0 fully saturated rings. The molecule has 0 aromatic carbocycles. The summed E-state index contributed by atoms with van der Waals surface area (Å²) < 4.78 is 1.17. The lowest BCUT2D eigenvalue weighted by atomic mass is 10.7. The monoisotopic (exact) mass is 299 g/mol. The lowest BCUT2D eigenvalue weighted by molar-refractivity contribution is 1.12. The zero-order valence-corrected chi connectivity index (χ0v) is 9.46. The largest absolute Gasteiger partial charge is 0.371 e. The van der Waals surface area contributed by atoms with Crippen LogP contribution in [0.5, 0.6) is 0 Å². The number of nitrogens with zero attached hydrogens (tertiary/aromatic N) is 2. The second-order valence-electron chi connectivity index (χ2n) is 1.69. The van der Waals surface area contributed by atoms with Crippen LogP contribution >= 0.6 is 43.5 Å². The van der Waals surface area contributed by atoms with Crippen LogP contribution in [-0.2, 0) is 0 Å². The SMILES string of the molecule is CNc1nc(Cl)c(Br)nc1Br. The molecule has 6 heteroatoms. The van der Waals surface area contributed by atoms with Crippen LogP contribution in [0.25, 0.3) is 0 Å². The van der Waals surface area contributed by atoms with Crippen molar-refractivity contribution in [1.29, 1.82) is 0 Å². The maximum atomic E-state index is 5.68. The zero-order chi connectivity index (χ0) is 8.43. The minimum Gasteiger partial charge on any atom is -0.371 e. The minimum absolute atomic E-state index is 0.345. The Balaban J connectivity index is 3.21. The third kappa shape index (κ3) is 2.04. The Bertz CT molecular complexity index is 279. The normalized spacial score (nSPS) is 9.82. The average molecular weight is 301 g/mol. The van der Waals surface area contributed by atoms with Crippen molar-refractivity contribution in [3.63, 3.8) is 0 Å². The van der Waals surface area contributed by atoms with Gasteiger partial charge in [-0.2, -0.15) is 0 Å². The van der Waals surface area contributed by atoms with Crippen LogP contribution in [0, 0.1) is 0 Å². The molecule has 0 aliphatic rings. The lowest BCUT2D eigenvalue weighted by Crippen LogP contribution is -1.96. The molecule has 0 saturated carbocycles. The molecule has 0 amide bonds. The van der Waals surface area contributed by atoms with Crippen molar-refractivity contribution >= 4 is 49.3 Å². The molecule has 0 atom stereocenters. The summed E-state index contributed by atoms with van der Waals surface area (Å²) in [6.07, 6.45) is 0. The second-order valence-corrected chi connectivity index (χ2v) is 3.55. The third-order valence-corrected chi connectivity index (χ3v) is 2.61. The van der Waals surface area contributed by atoms with Gasteiger partial charge in [-0.25, -0.2) is 9.97 Å². The molecule has 0 spiro atoms. The van der Waals surface area contributed by atoms with E-state index in [4.69, 9.17) is 11.6 Å². The van der Waals surface area contributed by atoms with Crippen LogP contribution in [0.4, 0.5) is 5.82 Å². The van der Waals surface area contributed by atoms with Crippen LogP contribution in [0.1, 0.15) is 0 Å². The van der Waals surface area contributed by atoms with Crippen LogP contribution in [0.15, 0.2) is 9.21 Å². The predicted molar refractivity (Wildman–Crippen MR) is 52.0 cm³/mol. The highest BCUT2D eigenvalue weighted by molar-refractivity contribution is 9.11. The fourth-order valence-corrected chi connectivity index (χ4v) is 1.63. The van der Waals surface area contributed by atoms with E-state index in [9.17, 15) is 0 Å². The molecule has 0 aliphatic carbocycles. The lowest BCUT2D eigenvalue weighted by Gasteiger charge is -2.02. The maximum absolute atomic E-state index is 5.68. The van der Waals surface area contributed by atoms with Gasteiger partial charge in [-0.15, -0.1) is 0 Å². The van der Waals surface area contributed by atoms with E-state index in [-0.39, 0.29) is 0 Å². The Morgan fingerprint density at radius 3 is 2.45 bits per heavy atom. The molecule has 0 bridgehead atoms. The zero-order valence-electron chi connectivity index (χ0n) is 5.53. The van der Waals surface area contributed by atoms with Gasteiger partial charge >= 0.3 is 0 Å². The molecule has 1 rings (SSSR count). The number of hydrogen-bond donors (Lipinski definition) is 1. The number of anilines is 1. The van der Waals surface area contributed by atoms with Gasteiger partial charge < -0.3 is 5.32 Å². The molecule has 1 heterocycles. The predicted octanol–water partition coefficient (Wildman–Crippen LogP) is 2.70. The van der Waals surface area contributed by atoms with Gasteiger partial charge in [0, 0.05) is 7.05 Å². The molecule has 3 nitrogen and oxygen atoms in total. The van der Waals surface area contributed by atoms with Gasteiger partial charge in [0.05, 0.1) is 0 Å². The molecule has 0 radical (unpaired) electrons. The van der Waals surface area contributed by atoms with Crippen LogP contribution in [0.2, 0.25) is 5.15 Å². The fourth-order valence-electron chi connectivity index (χ4n) is 0.535. The van der Waals surface area contributed by atoms with E-state index in [0.717, 1.165) is 0 Å². The van der Waals surface area contributed by atoms with Crippen molar-refractivity contribution in [3.05, 3.63) is 14.4 Å². The molecule has 0 unspecified atom stereocenters. The van der Waals surface area contributed by atoms with Crippen LogP contribution in [0.3, 0.4) is 0 Å². The summed E-state index contributed by atoms with van der Waals surface area (Å²) in [7, 11) is 1.75. The van der Waals surface area contributed by atoms with E-state index < -0.39 is 0 Å².